The summed E-state index contributed by atoms with van der Waals surface area (Å²) in [4.78, 5) is 23.6. The molecule has 1 aromatic carbocycles. The second-order valence-corrected chi connectivity index (χ2v) is 8.66. The number of benzene rings is 1. The number of carbonyl (C=O) groups excluding carboxylic acids is 1. The molecule has 0 spiro atoms. The standard InChI is InChI=1S/C25H24Cl2N4O/c26-21-7-5-18(6-8-21)3-2-14-31-15-10-19(11-16-31)24-22(4-1-12-29-24)30-25(32)20-9-13-28-23(27)17-20/h1-9,12-13,17,19,26H,10-11,14-16H2/p+1/b3-2+. The second kappa shape index (κ2) is 10.7. The van der Waals surface area contributed by atoms with E-state index in [0.29, 0.717) is 16.6 Å². The zero-order chi connectivity index (χ0) is 22.3. The molecule has 32 heavy (non-hydrogen) atoms. The molecule has 3 aromatic rings. The van der Waals surface area contributed by atoms with Gasteiger partial charge in [0.25, 0.3) is 5.91 Å². The van der Waals surface area contributed by atoms with Crippen molar-refractivity contribution in [3.05, 3.63) is 94.0 Å². The van der Waals surface area contributed by atoms with Crippen LogP contribution in [0.2, 0.25) is 10.2 Å². The zero-order valence-electron chi connectivity index (χ0n) is 17.6. The topological polar surface area (TPSA) is 58.1 Å². The van der Waals surface area contributed by atoms with E-state index in [1.807, 2.05) is 36.4 Å². The quantitative estimate of drug-likeness (QED) is 0.519. The molecule has 1 aliphatic rings. The van der Waals surface area contributed by atoms with Crippen LogP contribution in [0.25, 0.3) is 6.08 Å². The molecule has 1 amide bonds. The van der Waals surface area contributed by atoms with E-state index in [-0.39, 0.29) is 5.91 Å². The van der Waals surface area contributed by atoms with Crippen molar-refractivity contribution < 1.29 is 16.4 Å². The van der Waals surface area contributed by atoms with Gasteiger partial charge in [-0.05, 0) is 67.9 Å². The van der Waals surface area contributed by atoms with Crippen molar-refractivity contribution >= 4 is 29.3 Å². The van der Waals surface area contributed by atoms with E-state index < -0.39 is 0 Å². The van der Waals surface area contributed by atoms with Gasteiger partial charge in [0.1, 0.15) is 5.15 Å². The number of nitrogens with zero attached hydrogens (tertiary/aromatic N) is 3. The molecular weight excluding hydrogens is 443 g/mol. The molecule has 2 aromatic heterocycles. The molecule has 0 radical (unpaired) electrons. The van der Waals surface area contributed by atoms with Crippen molar-refractivity contribution in [2.45, 2.75) is 18.8 Å². The van der Waals surface area contributed by atoms with E-state index in [4.69, 9.17) is 23.2 Å². The Bertz CT molecular complexity index is 1090. The molecule has 0 bridgehead atoms. The summed E-state index contributed by atoms with van der Waals surface area (Å²) in [6, 6.07) is 15.0. The fourth-order valence-corrected chi connectivity index (χ4v) is 4.20. The number of anilines is 1. The van der Waals surface area contributed by atoms with E-state index >= 15 is 0 Å². The number of aromatic nitrogens is 2. The zero-order valence-corrected chi connectivity index (χ0v) is 19.1. The van der Waals surface area contributed by atoms with Gasteiger partial charge in [-0.15, -0.1) is 0 Å². The first-order valence-corrected chi connectivity index (χ1v) is 11.4. The molecule has 164 valence electrons. The highest BCUT2D eigenvalue weighted by Gasteiger charge is 2.24. The van der Waals surface area contributed by atoms with Crippen molar-refractivity contribution in [3.8, 4) is 0 Å². The first-order chi connectivity index (χ1) is 15.6. The van der Waals surface area contributed by atoms with Gasteiger partial charge in [-0.25, -0.2) is 4.98 Å². The predicted molar refractivity (Wildman–Crippen MR) is 126 cm³/mol. The van der Waals surface area contributed by atoms with E-state index in [1.54, 1.807) is 18.3 Å². The Balaban J connectivity index is 1.34. The number of amides is 1. The lowest BCUT2D eigenvalue weighted by atomic mass is 9.92. The van der Waals surface area contributed by atoms with E-state index in [2.05, 4.69) is 32.3 Å². The number of piperidine rings is 1. The van der Waals surface area contributed by atoms with Crippen LogP contribution in [0, 0.1) is 11.6 Å². The van der Waals surface area contributed by atoms with Crippen molar-refractivity contribution in [1.29, 1.82) is 0 Å². The SMILES string of the molecule is O=C(Nc1cccnc1C1CCN(C/C=C/c2ccc([ClH+])cc2)CC1)c1ccnc(Cl)c1. The first kappa shape index (κ1) is 22.5. The minimum atomic E-state index is -0.213. The Labute approximate surface area is 198 Å². The summed E-state index contributed by atoms with van der Waals surface area (Å²) >= 11 is 11.1. The lowest BCUT2D eigenvalue weighted by molar-refractivity contribution is -0.288. The van der Waals surface area contributed by atoms with Crippen LogP contribution in [-0.2, 0) is 0 Å². The van der Waals surface area contributed by atoms with Gasteiger partial charge in [0, 0.05) is 42.6 Å². The van der Waals surface area contributed by atoms with Crippen LogP contribution >= 0.6 is 11.6 Å². The number of carbonyl (C=O) groups is 1. The van der Waals surface area contributed by atoms with Crippen LogP contribution in [0.4, 0.5) is 5.69 Å². The van der Waals surface area contributed by atoms with Gasteiger partial charge in [-0.1, -0.05) is 23.8 Å². The number of nitrogens with one attached hydrogen (secondary N) is 1. The third kappa shape index (κ3) is 5.94. The Kier molecular flexibility index (Phi) is 7.53. The van der Waals surface area contributed by atoms with Crippen molar-refractivity contribution in [2.24, 2.45) is 0 Å². The van der Waals surface area contributed by atoms with Gasteiger partial charge < -0.3 is 5.32 Å². The molecule has 0 aliphatic carbocycles. The third-order valence-corrected chi connectivity index (χ3v) is 6.08. The number of halogens is 2. The molecule has 0 atom stereocenters. The summed E-state index contributed by atoms with van der Waals surface area (Å²) in [5, 5.41) is 4.15. The maximum atomic E-state index is 12.7. The molecule has 5 nitrogen and oxygen atoms in total. The van der Waals surface area contributed by atoms with Crippen LogP contribution in [-0.4, -0.2) is 40.4 Å². The van der Waals surface area contributed by atoms with Crippen LogP contribution in [0.3, 0.4) is 0 Å². The summed E-state index contributed by atoms with van der Waals surface area (Å²) < 4.78 is 0. The molecule has 4 rings (SSSR count). The minimum absolute atomic E-state index is 0.213. The van der Waals surface area contributed by atoms with Gasteiger partial charge in [0.05, 0.1) is 11.4 Å². The largest absolute Gasteiger partial charge is 0.320 e. The highest BCUT2D eigenvalue weighted by atomic mass is 35.5. The van der Waals surface area contributed by atoms with Crippen LogP contribution in [0.15, 0.2) is 67.0 Å². The Morgan fingerprint density at radius 2 is 1.91 bits per heavy atom. The van der Waals surface area contributed by atoms with Gasteiger partial charge in [-0.2, -0.15) is 0 Å². The molecule has 0 unspecified atom stereocenters. The fraction of sp³-hybridized carbons (Fsp3) is 0.240. The molecule has 1 fully saturated rings. The van der Waals surface area contributed by atoms with Crippen LogP contribution in [0.5, 0.6) is 0 Å². The van der Waals surface area contributed by atoms with Crippen LogP contribution < -0.4 is 5.32 Å². The molecule has 1 aliphatic heterocycles. The molecule has 1 saturated heterocycles. The molecular formula is C25H25Cl2N4O+. The lowest BCUT2D eigenvalue weighted by Crippen LogP contribution is -2.33. The number of likely N-dealkylation sites (tertiary alicyclic amines) is 1. The number of hydrogen-bond donors (Lipinski definition) is 1. The molecule has 0 saturated carbocycles. The van der Waals surface area contributed by atoms with E-state index in [1.165, 1.54) is 6.20 Å². The summed E-state index contributed by atoms with van der Waals surface area (Å²) in [6.07, 6.45) is 9.65. The number of pyridine rings is 2. The normalized spacial score (nSPS) is 15.2. The maximum absolute atomic E-state index is 12.7. The number of rotatable bonds is 6. The highest BCUT2D eigenvalue weighted by molar-refractivity contribution is 6.29. The molecule has 3 heterocycles. The monoisotopic (exact) mass is 467 g/mol. The maximum Gasteiger partial charge on any atom is 0.255 e. The Morgan fingerprint density at radius 3 is 2.66 bits per heavy atom. The van der Waals surface area contributed by atoms with E-state index in [9.17, 15) is 4.79 Å². The number of hydrogen-bond acceptors (Lipinski definition) is 4. The van der Waals surface area contributed by atoms with Gasteiger partial charge in [0.2, 0.25) is 5.02 Å². The minimum Gasteiger partial charge on any atom is -0.320 e. The summed E-state index contributed by atoms with van der Waals surface area (Å²) in [5.74, 6) is 0.0996. The van der Waals surface area contributed by atoms with Gasteiger partial charge in [0.15, 0.2) is 11.6 Å². The molecule has 1 N–H and O–H groups in total. The fourth-order valence-electron chi connectivity index (χ4n) is 3.89. The van der Waals surface area contributed by atoms with Gasteiger partial charge >= 0.3 is 0 Å². The molecule has 7 heteroatoms. The predicted octanol–water partition coefficient (Wildman–Crippen LogP) is 4.97. The van der Waals surface area contributed by atoms with E-state index in [0.717, 1.165) is 54.4 Å². The van der Waals surface area contributed by atoms with Crippen molar-refractivity contribution in [2.75, 3.05) is 25.0 Å². The van der Waals surface area contributed by atoms with Crippen molar-refractivity contribution in [3.63, 3.8) is 0 Å². The summed E-state index contributed by atoms with van der Waals surface area (Å²) in [5.41, 5.74) is 3.34. The summed E-state index contributed by atoms with van der Waals surface area (Å²) in [7, 11) is 0. The highest BCUT2D eigenvalue weighted by Crippen LogP contribution is 2.31. The average Bonchev–Trinajstić information content (AvgIpc) is 2.81. The van der Waals surface area contributed by atoms with Crippen molar-refractivity contribution in [1.82, 2.24) is 14.9 Å². The smallest absolute Gasteiger partial charge is 0.255 e. The summed E-state index contributed by atoms with van der Waals surface area (Å²) in [6.45, 7) is 2.89. The Hall–Kier alpha value is -2.73. The van der Waals surface area contributed by atoms with Crippen LogP contribution in [0.1, 0.15) is 40.4 Å². The second-order valence-electron chi connectivity index (χ2n) is 7.80. The Morgan fingerprint density at radius 1 is 1.12 bits per heavy atom. The average molecular weight is 468 g/mol. The first-order valence-electron chi connectivity index (χ1n) is 10.6. The van der Waals surface area contributed by atoms with Gasteiger partial charge in [-0.3, -0.25) is 14.7 Å². The third-order valence-electron chi connectivity index (χ3n) is 5.60. The lowest BCUT2D eigenvalue weighted by Gasteiger charge is -2.31.